The quantitative estimate of drug-likeness (QED) is 0.546. The Morgan fingerprint density at radius 1 is 1.03 bits per heavy atom. The number of hydrogen-bond acceptors (Lipinski definition) is 3. The Kier molecular flexibility index (Phi) is 6.48. The summed E-state index contributed by atoms with van der Waals surface area (Å²) in [6, 6.07) is 13.1. The van der Waals surface area contributed by atoms with Crippen LogP contribution >= 0.6 is 0 Å². The van der Waals surface area contributed by atoms with E-state index in [0.29, 0.717) is 12.5 Å². The van der Waals surface area contributed by atoms with Gasteiger partial charge in [0.25, 0.3) is 0 Å². The molecule has 0 radical (unpaired) electrons. The van der Waals surface area contributed by atoms with E-state index in [1.165, 1.54) is 48.2 Å². The molecule has 2 aromatic carbocycles. The summed E-state index contributed by atoms with van der Waals surface area (Å²) >= 11 is 0. The van der Waals surface area contributed by atoms with Gasteiger partial charge in [-0.1, -0.05) is 37.6 Å². The summed E-state index contributed by atoms with van der Waals surface area (Å²) < 4.78 is 11.8. The molecule has 0 bridgehead atoms. The van der Waals surface area contributed by atoms with Crippen LogP contribution in [0, 0.1) is 5.92 Å². The molecule has 1 aliphatic carbocycles. The van der Waals surface area contributed by atoms with Gasteiger partial charge in [0.2, 0.25) is 0 Å². The van der Waals surface area contributed by atoms with Gasteiger partial charge in [-0.15, -0.1) is 0 Å². The Labute approximate surface area is 181 Å². The summed E-state index contributed by atoms with van der Waals surface area (Å²) in [6.45, 7) is 11.0. The Hall–Kier alpha value is -2.26. The third kappa shape index (κ3) is 4.73. The highest BCUT2D eigenvalue weighted by molar-refractivity contribution is 5.72. The predicted octanol–water partition coefficient (Wildman–Crippen LogP) is 5.90. The molecule has 4 rings (SSSR count). The van der Waals surface area contributed by atoms with Crippen LogP contribution in [0.5, 0.6) is 11.5 Å². The van der Waals surface area contributed by atoms with Gasteiger partial charge in [-0.25, -0.2) is 0 Å². The van der Waals surface area contributed by atoms with Crippen molar-refractivity contribution in [2.75, 3.05) is 26.7 Å². The van der Waals surface area contributed by atoms with Crippen LogP contribution in [0.1, 0.15) is 55.9 Å². The highest BCUT2D eigenvalue weighted by Crippen LogP contribution is 2.34. The zero-order chi connectivity index (χ0) is 21.1. The lowest BCUT2D eigenvalue weighted by Crippen LogP contribution is -2.38. The molecule has 0 N–H and O–H groups in total. The number of methoxy groups -OCH3 is 1. The smallest absolute Gasteiger partial charge is 0.125 e. The molecule has 2 aromatic rings. The van der Waals surface area contributed by atoms with Crippen molar-refractivity contribution in [1.82, 2.24) is 4.90 Å². The van der Waals surface area contributed by atoms with Gasteiger partial charge in [0.15, 0.2) is 0 Å². The topological polar surface area (TPSA) is 21.7 Å². The van der Waals surface area contributed by atoms with Crippen LogP contribution in [-0.2, 0) is 19.4 Å². The van der Waals surface area contributed by atoms with Gasteiger partial charge < -0.3 is 9.47 Å². The molecule has 1 heterocycles. The van der Waals surface area contributed by atoms with Gasteiger partial charge in [-0.05, 0) is 92.1 Å². The monoisotopic (exact) mass is 405 g/mol. The highest BCUT2D eigenvalue weighted by Gasteiger charge is 2.21. The molecule has 0 saturated carbocycles. The largest absolute Gasteiger partial charge is 0.496 e. The first kappa shape index (κ1) is 21.0. The van der Waals surface area contributed by atoms with E-state index in [1.54, 1.807) is 12.7 Å². The molecule has 1 saturated heterocycles. The van der Waals surface area contributed by atoms with E-state index in [9.17, 15) is 0 Å². The van der Waals surface area contributed by atoms with Crippen LogP contribution in [0.25, 0.3) is 5.57 Å². The van der Waals surface area contributed by atoms with Crippen LogP contribution in [0.2, 0.25) is 0 Å². The van der Waals surface area contributed by atoms with Gasteiger partial charge in [0.1, 0.15) is 18.1 Å². The molecule has 1 fully saturated rings. The number of aryl methyl sites for hydroxylation is 1. The molecule has 0 aromatic heterocycles. The lowest BCUT2D eigenvalue weighted by Gasteiger charge is -2.33. The van der Waals surface area contributed by atoms with Crippen molar-refractivity contribution in [3.8, 4) is 11.5 Å². The van der Waals surface area contributed by atoms with Crippen molar-refractivity contribution >= 4 is 5.57 Å². The van der Waals surface area contributed by atoms with Crippen LogP contribution in [0.15, 0.2) is 42.0 Å². The fraction of sp³-hybridized carbons (Fsp3) is 0.481. The van der Waals surface area contributed by atoms with Crippen molar-refractivity contribution < 1.29 is 9.47 Å². The third-order valence-electron chi connectivity index (χ3n) is 6.46. The van der Waals surface area contributed by atoms with Gasteiger partial charge in [-0.2, -0.15) is 0 Å². The minimum absolute atomic E-state index is 0.527. The number of hydrogen-bond donors (Lipinski definition) is 0. The second-order valence-electron chi connectivity index (χ2n) is 9.21. The number of ether oxygens (including phenoxy) is 2. The Bertz CT molecular complexity index is 924. The van der Waals surface area contributed by atoms with Crippen LogP contribution in [0.4, 0.5) is 0 Å². The number of rotatable bonds is 8. The maximum Gasteiger partial charge on any atom is 0.125 e. The van der Waals surface area contributed by atoms with Crippen molar-refractivity contribution in [3.05, 3.63) is 64.2 Å². The Balaban J connectivity index is 1.44. The molecule has 0 amide bonds. The molecule has 2 aliphatic rings. The molecule has 0 atom stereocenters. The van der Waals surface area contributed by atoms with Crippen molar-refractivity contribution in [2.24, 2.45) is 5.92 Å². The number of allylic oxidation sites excluding steroid dienone is 1. The maximum atomic E-state index is 6.17. The second kappa shape index (κ2) is 9.26. The molecule has 3 nitrogen and oxygen atoms in total. The van der Waals surface area contributed by atoms with Crippen LogP contribution in [0.3, 0.4) is 0 Å². The average molecular weight is 406 g/mol. The normalized spacial score (nSPS) is 16.4. The minimum Gasteiger partial charge on any atom is -0.496 e. The van der Waals surface area contributed by atoms with Gasteiger partial charge in [-0.3, -0.25) is 4.90 Å². The van der Waals surface area contributed by atoms with E-state index >= 15 is 0 Å². The molecule has 30 heavy (non-hydrogen) atoms. The molecule has 0 spiro atoms. The van der Waals surface area contributed by atoms with E-state index in [0.717, 1.165) is 36.4 Å². The minimum atomic E-state index is 0.527. The first-order chi connectivity index (χ1) is 14.5. The van der Waals surface area contributed by atoms with E-state index in [2.05, 4.69) is 62.1 Å². The summed E-state index contributed by atoms with van der Waals surface area (Å²) in [5.74, 6) is 2.50. The SMILES string of the molecule is COc1cc(CC(C)C)ccc1COc1ccc2c(c1)CCC(CN1CCC1)=C2C. The van der Waals surface area contributed by atoms with E-state index < -0.39 is 0 Å². The molecule has 0 unspecified atom stereocenters. The standard InChI is InChI=1S/C27H35NO2/c1-19(2)14-21-6-7-24(27(15-21)29-4)18-30-25-10-11-26-20(3)23(9-8-22(26)16-25)17-28-12-5-13-28/h6-7,10-11,15-16,19H,5,8-9,12-14,17-18H2,1-4H3. The zero-order valence-electron chi connectivity index (χ0n) is 19.0. The number of nitrogens with zero attached hydrogens (tertiary/aromatic N) is 1. The second-order valence-corrected chi connectivity index (χ2v) is 9.21. The third-order valence-corrected chi connectivity index (χ3v) is 6.46. The van der Waals surface area contributed by atoms with Crippen molar-refractivity contribution in [1.29, 1.82) is 0 Å². The van der Waals surface area contributed by atoms with E-state index in [4.69, 9.17) is 9.47 Å². The zero-order valence-corrected chi connectivity index (χ0v) is 19.0. The van der Waals surface area contributed by atoms with E-state index in [1.807, 2.05) is 0 Å². The number of fused-ring (bicyclic) bond motifs is 1. The van der Waals surface area contributed by atoms with Crippen LogP contribution in [-0.4, -0.2) is 31.6 Å². The lowest BCUT2D eigenvalue weighted by atomic mass is 9.85. The van der Waals surface area contributed by atoms with Gasteiger partial charge in [0.05, 0.1) is 7.11 Å². The summed E-state index contributed by atoms with van der Waals surface area (Å²) in [4.78, 5) is 2.56. The summed E-state index contributed by atoms with van der Waals surface area (Å²) in [5, 5.41) is 0. The first-order valence-electron chi connectivity index (χ1n) is 11.4. The summed E-state index contributed by atoms with van der Waals surface area (Å²) in [7, 11) is 1.74. The first-order valence-corrected chi connectivity index (χ1v) is 11.4. The lowest BCUT2D eigenvalue weighted by molar-refractivity contribution is 0.197. The fourth-order valence-electron chi connectivity index (χ4n) is 4.57. The van der Waals surface area contributed by atoms with E-state index in [-0.39, 0.29) is 0 Å². The van der Waals surface area contributed by atoms with Crippen LogP contribution < -0.4 is 9.47 Å². The average Bonchev–Trinajstić information content (AvgIpc) is 2.70. The Morgan fingerprint density at radius 2 is 1.87 bits per heavy atom. The van der Waals surface area contributed by atoms with Crippen molar-refractivity contribution in [2.45, 2.75) is 53.1 Å². The molecule has 3 heteroatoms. The summed E-state index contributed by atoms with van der Waals surface area (Å²) in [5.41, 5.74) is 8.31. The molecular formula is C27H35NO2. The fourth-order valence-corrected chi connectivity index (χ4v) is 4.57. The van der Waals surface area contributed by atoms with Gasteiger partial charge in [0, 0.05) is 12.1 Å². The predicted molar refractivity (Wildman–Crippen MR) is 124 cm³/mol. The highest BCUT2D eigenvalue weighted by atomic mass is 16.5. The Morgan fingerprint density at radius 3 is 2.57 bits per heavy atom. The summed E-state index contributed by atoms with van der Waals surface area (Å²) in [6.07, 6.45) is 4.70. The number of likely N-dealkylation sites (tertiary alicyclic amines) is 1. The molecule has 160 valence electrons. The maximum absolute atomic E-state index is 6.17. The van der Waals surface area contributed by atoms with Gasteiger partial charge >= 0.3 is 0 Å². The molecule has 1 aliphatic heterocycles. The number of benzene rings is 2. The van der Waals surface area contributed by atoms with Crippen molar-refractivity contribution in [3.63, 3.8) is 0 Å². The molecular weight excluding hydrogens is 370 g/mol.